The van der Waals surface area contributed by atoms with Gasteiger partial charge in [-0.05, 0) is 31.2 Å². The van der Waals surface area contributed by atoms with Crippen LogP contribution in [0, 0.1) is 5.82 Å². The third-order valence-electron chi connectivity index (χ3n) is 1.52. The van der Waals surface area contributed by atoms with E-state index in [-0.39, 0.29) is 5.82 Å². The van der Waals surface area contributed by atoms with E-state index in [4.69, 9.17) is 9.47 Å². The molecule has 0 radical (unpaired) electrons. The predicted molar refractivity (Wildman–Crippen MR) is 52.7 cm³/mol. The molecule has 0 unspecified atom stereocenters. The van der Waals surface area contributed by atoms with Crippen LogP contribution in [0.3, 0.4) is 0 Å². The summed E-state index contributed by atoms with van der Waals surface area (Å²) in [5, 5.41) is 0. The summed E-state index contributed by atoms with van der Waals surface area (Å²) >= 11 is 0. The van der Waals surface area contributed by atoms with Crippen LogP contribution in [-0.2, 0) is 4.74 Å². The van der Waals surface area contributed by atoms with E-state index in [9.17, 15) is 4.39 Å². The number of hydrogen-bond donors (Lipinski definition) is 0. The highest BCUT2D eigenvalue weighted by atomic mass is 19.1. The van der Waals surface area contributed by atoms with E-state index in [1.165, 1.54) is 12.1 Å². The fraction of sp³-hybridized carbons (Fsp3) is 0.273. The molecule has 0 aliphatic carbocycles. The highest BCUT2D eigenvalue weighted by Gasteiger charge is 1.93. The van der Waals surface area contributed by atoms with Crippen molar-refractivity contribution in [1.29, 1.82) is 0 Å². The number of allylic oxidation sites excluding steroid dienone is 1. The number of rotatable bonds is 5. The normalized spacial score (nSPS) is 10.4. The Morgan fingerprint density at radius 2 is 1.93 bits per heavy atom. The van der Waals surface area contributed by atoms with Gasteiger partial charge in [-0.15, -0.1) is 0 Å². The summed E-state index contributed by atoms with van der Waals surface area (Å²) in [4.78, 5) is 0. The SMILES string of the molecule is CC=COCCOc1ccc(F)cc1. The molecule has 0 heterocycles. The van der Waals surface area contributed by atoms with Crippen LogP contribution in [0.25, 0.3) is 0 Å². The Hall–Kier alpha value is -1.51. The van der Waals surface area contributed by atoms with E-state index in [1.54, 1.807) is 24.5 Å². The minimum absolute atomic E-state index is 0.262. The fourth-order valence-corrected chi connectivity index (χ4v) is 0.903. The number of hydrogen-bond acceptors (Lipinski definition) is 2. The van der Waals surface area contributed by atoms with Crippen LogP contribution in [0.1, 0.15) is 6.92 Å². The molecule has 0 aliphatic heterocycles. The van der Waals surface area contributed by atoms with Gasteiger partial charge in [0.1, 0.15) is 24.8 Å². The summed E-state index contributed by atoms with van der Waals surface area (Å²) < 4.78 is 22.8. The molecule has 0 N–H and O–H groups in total. The van der Waals surface area contributed by atoms with Gasteiger partial charge >= 0.3 is 0 Å². The minimum Gasteiger partial charge on any atom is -0.498 e. The predicted octanol–water partition coefficient (Wildman–Crippen LogP) is 2.75. The average Bonchev–Trinajstić information content (AvgIpc) is 2.21. The average molecular weight is 196 g/mol. The van der Waals surface area contributed by atoms with Gasteiger partial charge < -0.3 is 9.47 Å². The van der Waals surface area contributed by atoms with Crippen LogP contribution in [0.2, 0.25) is 0 Å². The van der Waals surface area contributed by atoms with Crippen molar-refractivity contribution < 1.29 is 13.9 Å². The van der Waals surface area contributed by atoms with E-state index in [0.717, 1.165) is 0 Å². The van der Waals surface area contributed by atoms with Crippen molar-refractivity contribution >= 4 is 0 Å². The molecule has 0 atom stereocenters. The molecule has 14 heavy (non-hydrogen) atoms. The van der Waals surface area contributed by atoms with Gasteiger partial charge in [-0.25, -0.2) is 4.39 Å². The van der Waals surface area contributed by atoms with Crippen molar-refractivity contribution in [2.45, 2.75) is 6.92 Å². The highest BCUT2D eigenvalue weighted by Crippen LogP contribution is 2.10. The molecule has 0 aromatic heterocycles. The maximum absolute atomic E-state index is 12.5. The first-order valence-corrected chi connectivity index (χ1v) is 4.44. The van der Waals surface area contributed by atoms with Crippen LogP contribution in [0.5, 0.6) is 5.75 Å². The standard InChI is InChI=1S/C11H13FO2/c1-2-7-13-8-9-14-11-5-3-10(12)4-6-11/h2-7H,8-9H2,1H3. The van der Waals surface area contributed by atoms with Crippen LogP contribution in [0.15, 0.2) is 36.6 Å². The first kappa shape index (κ1) is 10.6. The summed E-state index contributed by atoms with van der Waals surface area (Å²) in [6.45, 7) is 2.82. The molecule has 0 spiro atoms. The molecule has 0 saturated heterocycles. The van der Waals surface area contributed by atoms with Crippen molar-refractivity contribution in [3.8, 4) is 5.75 Å². The maximum Gasteiger partial charge on any atom is 0.123 e. The second kappa shape index (κ2) is 6.02. The van der Waals surface area contributed by atoms with Gasteiger partial charge in [0.2, 0.25) is 0 Å². The molecule has 1 aromatic carbocycles. The lowest BCUT2D eigenvalue weighted by atomic mass is 10.3. The molecule has 0 amide bonds. The number of ether oxygens (including phenoxy) is 2. The second-order valence-corrected chi connectivity index (χ2v) is 2.64. The van der Waals surface area contributed by atoms with Crippen molar-refractivity contribution in [3.63, 3.8) is 0 Å². The lowest BCUT2D eigenvalue weighted by Crippen LogP contribution is -2.03. The Morgan fingerprint density at radius 1 is 1.21 bits per heavy atom. The fourth-order valence-electron chi connectivity index (χ4n) is 0.903. The first-order valence-electron chi connectivity index (χ1n) is 4.44. The summed E-state index contributed by atoms with van der Waals surface area (Å²) in [5.41, 5.74) is 0. The van der Waals surface area contributed by atoms with Crippen molar-refractivity contribution in [2.24, 2.45) is 0 Å². The molecular formula is C11H13FO2. The molecule has 1 aromatic rings. The molecule has 0 fully saturated rings. The van der Waals surface area contributed by atoms with E-state index in [2.05, 4.69) is 0 Å². The molecule has 2 nitrogen and oxygen atoms in total. The maximum atomic E-state index is 12.5. The summed E-state index contributed by atoms with van der Waals surface area (Å²) in [5.74, 6) is 0.387. The molecule has 1 rings (SSSR count). The van der Waals surface area contributed by atoms with Crippen LogP contribution < -0.4 is 4.74 Å². The summed E-state index contributed by atoms with van der Waals surface area (Å²) in [6, 6.07) is 5.90. The van der Waals surface area contributed by atoms with Gasteiger partial charge in [-0.1, -0.05) is 6.08 Å². The molecule has 0 aliphatic rings. The number of halogens is 1. The lowest BCUT2D eigenvalue weighted by Gasteiger charge is -2.05. The van der Waals surface area contributed by atoms with Gasteiger partial charge in [0, 0.05) is 0 Å². The van der Waals surface area contributed by atoms with Crippen LogP contribution >= 0.6 is 0 Å². The van der Waals surface area contributed by atoms with Crippen molar-refractivity contribution in [1.82, 2.24) is 0 Å². The monoisotopic (exact) mass is 196 g/mol. The lowest BCUT2D eigenvalue weighted by molar-refractivity contribution is 0.178. The molecule has 3 heteroatoms. The largest absolute Gasteiger partial charge is 0.498 e. The topological polar surface area (TPSA) is 18.5 Å². The molecule has 76 valence electrons. The van der Waals surface area contributed by atoms with Crippen molar-refractivity contribution in [3.05, 3.63) is 42.4 Å². The number of benzene rings is 1. The van der Waals surface area contributed by atoms with E-state index in [1.807, 2.05) is 6.92 Å². The van der Waals surface area contributed by atoms with Gasteiger partial charge in [0.25, 0.3) is 0 Å². The quantitative estimate of drug-likeness (QED) is 0.532. The first-order chi connectivity index (χ1) is 6.83. The van der Waals surface area contributed by atoms with E-state index >= 15 is 0 Å². The Morgan fingerprint density at radius 3 is 2.57 bits per heavy atom. The summed E-state index contributed by atoms with van der Waals surface area (Å²) in [7, 11) is 0. The highest BCUT2D eigenvalue weighted by molar-refractivity contribution is 5.21. The molecule has 0 bridgehead atoms. The smallest absolute Gasteiger partial charge is 0.123 e. The molecular weight excluding hydrogens is 183 g/mol. The molecule has 0 saturated carbocycles. The second-order valence-electron chi connectivity index (χ2n) is 2.64. The Bertz CT molecular complexity index is 280. The Balaban J connectivity index is 2.21. The zero-order valence-corrected chi connectivity index (χ0v) is 8.07. The van der Waals surface area contributed by atoms with Crippen LogP contribution in [-0.4, -0.2) is 13.2 Å². The van der Waals surface area contributed by atoms with Gasteiger partial charge in [-0.3, -0.25) is 0 Å². The zero-order valence-electron chi connectivity index (χ0n) is 8.07. The minimum atomic E-state index is -0.262. The summed E-state index contributed by atoms with van der Waals surface area (Å²) in [6.07, 6.45) is 3.41. The van der Waals surface area contributed by atoms with Crippen LogP contribution in [0.4, 0.5) is 4.39 Å². The van der Waals surface area contributed by atoms with E-state index in [0.29, 0.717) is 19.0 Å². The third-order valence-corrected chi connectivity index (χ3v) is 1.52. The Labute approximate surface area is 83.0 Å². The van der Waals surface area contributed by atoms with Gasteiger partial charge in [0.05, 0.1) is 6.26 Å². The Kier molecular flexibility index (Phi) is 4.55. The van der Waals surface area contributed by atoms with Gasteiger partial charge in [0.15, 0.2) is 0 Å². The van der Waals surface area contributed by atoms with Crippen molar-refractivity contribution in [2.75, 3.05) is 13.2 Å². The van der Waals surface area contributed by atoms with E-state index < -0.39 is 0 Å². The third kappa shape index (κ3) is 3.94. The van der Waals surface area contributed by atoms with Gasteiger partial charge in [-0.2, -0.15) is 0 Å². The zero-order chi connectivity index (χ0) is 10.2.